The maximum Gasteiger partial charge on any atom is 0.226 e. The number of amides is 1. The summed E-state index contributed by atoms with van der Waals surface area (Å²) >= 11 is 0. The van der Waals surface area contributed by atoms with Crippen molar-refractivity contribution in [1.29, 1.82) is 0 Å². The first kappa shape index (κ1) is 16.0. The Labute approximate surface area is 127 Å². The third kappa shape index (κ3) is 3.28. The molecule has 2 atom stereocenters. The molecule has 1 N–H and O–H groups in total. The summed E-state index contributed by atoms with van der Waals surface area (Å²) in [7, 11) is 3.91. The SMILES string of the molecule is CNCC1CCCN1C(=O)C(C)Cc1c(C)nn(C)c1C. The Kier molecular flexibility index (Phi) is 5.04. The quantitative estimate of drug-likeness (QED) is 0.893. The van der Waals surface area contributed by atoms with Gasteiger partial charge >= 0.3 is 0 Å². The normalized spacial score (nSPS) is 20.0. The minimum Gasteiger partial charge on any atom is -0.338 e. The van der Waals surface area contributed by atoms with Gasteiger partial charge in [0.2, 0.25) is 5.91 Å². The predicted octanol–water partition coefficient (Wildman–Crippen LogP) is 1.43. The summed E-state index contributed by atoms with van der Waals surface area (Å²) in [5.41, 5.74) is 3.44. The summed E-state index contributed by atoms with van der Waals surface area (Å²) in [6.45, 7) is 7.94. The van der Waals surface area contributed by atoms with Gasteiger partial charge < -0.3 is 10.2 Å². The van der Waals surface area contributed by atoms with Gasteiger partial charge in [0.25, 0.3) is 0 Å². The average Bonchev–Trinajstić information content (AvgIpc) is 2.99. The van der Waals surface area contributed by atoms with Crippen LogP contribution in [0.5, 0.6) is 0 Å². The van der Waals surface area contributed by atoms with Gasteiger partial charge in [-0.25, -0.2) is 0 Å². The van der Waals surface area contributed by atoms with E-state index in [1.807, 2.05) is 32.6 Å². The van der Waals surface area contributed by atoms with Crippen LogP contribution < -0.4 is 5.32 Å². The molecule has 118 valence electrons. The van der Waals surface area contributed by atoms with E-state index in [-0.39, 0.29) is 11.8 Å². The number of likely N-dealkylation sites (tertiary alicyclic amines) is 1. The highest BCUT2D eigenvalue weighted by atomic mass is 16.2. The number of hydrogen-bond donors (Lipinski definition) is 1. The topological polar surface area (TPSA) is 50.2 Å². The van der Waals surface area contributed by atoms with Crippen LogP contribution in [0.15, 0.2) is 0 Å². The molecule has 0 saturated carbocycles. The van der Waals surface area contributed by atoms with Crippen LogP contribution in [0, 0.1) is 19.8 Å². The first-order valence-corrected chi connectivity index (χ1v) is 7.89. The van der Waals surface area contributed by atoms with Gasteiger partial charge in [0.05, 0.1) is 5.69 Å². The van der Waals surface area contributed by atoms with Crippen molar-refractivity contribution in [2.75, 3.05) is 20.1 Å². The number of nitrogens with one attached hydrogen (secondary N) is 1. The molecular formula is C16H28N4O. The molecule has 1 saturated heterocycles. The van der Waals surface area contributed by atoms with E-state index in [1.165, 1.54) is 11.3 Å². The third-order valence-electron chi connectivity index (χ3n) is 4.69. The molecule has 1 aromatic rings. The summed E-state index contributed by atoms with van der Waals surface area (Å²) in [5.74, 6) is 0.305. The monoisotopic (exact) mass is 292 g/mol. The van der Waals surface area contributed by atoms with E-state index < -0.39 is 0 Å². The molecule has 2 rings (SSSR count). The van der Waals surface area contributed by atoms with Crippen molar-refractivity contribution >= 4 is 5.91 Å². The van der Waals surface area contributed by atoms with Crippen LogP contribution in [-0.4, -0.2) is 46.8 Å². The van der Waals surface area contributed by atoms with E-state index >= 15 is 0 Å². The molecule has 5 nitrogen and oxygen atoms in total. The lowest BCUT2D eigenvalue weighted by molar-refractivity contribution is -0.135. The van der Waals surface area contributed by atoms with Crippen LogP contribution in [-0.2, 0) is 18.3 Å². The van der Waals surface area contributed by atoms with Crippen LogP contribution in [0.25, 0.3) is 0 Å². The van der Waals surface area contributed by atoms with Crippen molar-refractivity contribution in [2.45, 2.75) is 46.1 Å². The number of carbonyl (C=O) groups excluding carboxylic acids is 1. The van der Waals surface area contributed by atoms with Crippen molar-refractivity contribution in [3.8, 4) is 0 Å². The van der Waals surface area contributed by atoms with E-state index in [0.717, 1.165) is 38.0 Å². The van der Waals surface area contributed by atoms with Crippen LogP contribution >= 0.6 is 0 Å². The molecule has 21 heavy (non-hydrogen) atoms. The Morgan fingerprint density at radius 2 is 2.19 bits per heavy atom. The van der Waals surface area contributed by atoms with Crippen molar-refractivity contribution in [2.24, 2.45) is 13.0 Å². The molecule has 0 bridgehead atoms. The van der Waals surface area contributed by atoms with Gasteiger partial charge in [-0.1, -0.05) is 6.92 Å². The highest BCUT2D eigenvalue weighted by molar-refractivity contribution is 5.79. The standard InChI is InChI=1S/C16H28N4O/c1-11(9-15-12(2)18-19(5)13(15)3)16(21)20-8-6-7-14(20)10-17-4/h11,14,17H,6-10H2,1-5H3. The van der Waals surface area contributed by atoms with Crippen molar-refractivity contribution in [3.63, 3.8) is 0 Å². The molecule has 2 unspecified atom stereocenters. The molecule has 1 amide bonds. The Bertz CT molecular complexity index is 509. The Balaban J connectivity index is 2.05. The van der Waals surface area contributed by atoms with E-state index in [1.54, 1.807) is 0 Å². The first-order chi connectivity index (χ1) is 9.95. The highest BCUT2D eigenvalue weighted by Gasteiger charge is 2.31. The fourth-order valence-electron chi connectivity index (χ4n) is 3.36. The zero-order valence-corrected chi connectivity index (χ0v) is 13.9. The van der Waals surface area contributed by atoms with Gasteiger partial charge in [0.15, 0.2) is 0 Å². The lowest BCUT2D eigenvalue weighted by atomic mass is 9.98. The van der Waals surface area contributed by atoms with E-state index in [2.05, 4.69) is 22.2 Å². The van der Waals surface area contributed by atoms with Gasteiger partial charge in [-0.3, -0.25) is 9.48 Å². The molecule has 0 radical (unpaired) electrons. The average molecular weight is 292 g/mol. The van der Waals surface area contributed by atoms with Gasteiger partial charge in [-0.2, -0.15) is 5.10 Å². The Morgan fingerprint density at radius 3 is 2.76 bits per heavy atom. The van der Waals surface area contributed by atoms with Crippen molar-refractivity contribution < 1.29 is 4.79 Å². The maximum absolute atomic E-state index is 12.7. The molecule has 2 heterocycles. The summed E-state index contributed by atoms with van der Waals surface area (Å²) in [4.78, 5) is 14.8. The summed E-state index contributed by atoms with van der Waals surface area (Å²) < 4.78 is 1.90. The fourth-order valence-corrected chi connectivity index (χ4v) is 3.36. The highest BCUT2D eigenvalue weighted by Crippen LogP contribution is 2.23. The maximum atomic E-state index is 12.7. The lowest BCUT2D eigenvalue weighted by Crippen LogP contribution is -2.43. The molecule has 5 heteroatoms. The molecule has 0 aliphatic carbocycles. The Hall–Kier alpha value is -1.36. The fraction of sp³-hybridized carbons (Fsp3) is 0.750. The van der Waals surface area contributed by atoms with Gasteiger partial charge in [-0.05, 0) is 45.7 Å². The minimum absolute atomic E-state index is 0.0176. The molecule has 1 fully saturated rings. The van der Waals surface area contributed by atoms with Crippen molar-refractivity contribution in [3.05, 3.63) is 17.0 Å². The number of rotatable bonds is 5. The molecular weight excluding hydrogens is 264 g/mol. The van der Waals surface area contributed by atoms with Crippen molar-refractivity contribution in [1.82, 2.24) is 20.0 Å². The van der Waals surface area contributed by atoms with Gasteiger partial charge in [0, 0.05) is 37.8 Å². The zero-order chi connectivity index (χ0) is 15.6. The lowest BCUT2D eigenvalue weighted by Gasteiger charge is -2.27. The summed E-state index contributed by atoms with van der Waals surface area (Å²) in [6, 6.07) is 0.362. The second-order valence-electron chi connectivity index (χ2n) is 6.26. The molecule has 1 aromatic heterocycles. The van der Waals surface area contributed by atoms with E-state index in [9.17, 15) is 4.79 Å². The molecule has 0 aromatic carbocycles. The number of nitrogens with zero attached hydrogens (tertiary/aromatic N) is 3. The summed E-state index contributed by atoms with van der Waals surface area (Å²) in [6.07, 6.45) is 3.02. The van der Waals surface area contributed by atoms with Crippen LogP contribution in [0.2, 0.25) is 0 Å². The third-order valence-corrected chi connectivity index (χ3v) is 4.69. The van der Waals surface area contributed by atoms with Crippen LogP contribution in [0.4, 0.5) is 0 Å². The zero-order valence-electron chi connectivity index (χ0n) is 13.9. The largest absolute Gasteiger partial charge is 0.338 e. The van der Waals surface area contributed by atoms with Gasteiger partial charge in [-0.15, -0.1) is 0 Å². The van der Waals surface area contributed by atoms with E-state index in [0.29, 0.717) is 6.04 Å². The molecule has 1 aliphatic heterocycles. The number of carbonyl (C=O) groups is 1. The van der Waals surface area contributed by atoms with Crippen LogP contribution in [0.3, 0.4) is 0 Å². The smallest absolute Gasteiger partial charge is 0.226 e. The second-order valence-corrected chi connectivity index (χ2v) is 6.26. The number of likely N-dealkylation sites (N-methyl/N-ethyl adjacent to an activating group) is 1. The summed E-state index contributed by atoms with van der Waals surface area (Å²) in [5, 5.41) is 7.64. The number of aromatic nitrogens is 2. The second kappa shape index (κ2) is 6.60. The minimum atomic E-state index is 0.0176. The molecule has 0 spiro atoms. The Morgan fingerprint density at radius 1 is 1.48 bits per heavy atom. The predicted molar refractivity (Wildman–Crippen MR) is 84.2 cm³/mol. The van der Waals surface area contributed by atoms with E-state index in [4.69, 9.17) is 0 Å². The van der Waals surface area contributed by atoms with Gasteiger partial charge in [0.1, 0.15) is 0 Å². The molecule has 1 aliphatic rings. The first-order valence-electron chi connectivity index (χ1n) is 7.89. The number of hydrogen-bond acceptors (Lipinski definition) is 3. The number of aryl methyl sites for hydroxylation is 2. The van der Waals surface area contributed by atoms with Crippen LogP contribution in [0.1, 0.15) is 36.7 Å².